The summed E-state index contributed by atoms with van der Waals surface area (Å²) >= 11 is 0. The van der Waals surface area contributed by atoms with Gasteiger partial charge in [-0.05, 0) is 0 Å². The molecule has 0 fully saturated rings. The van der Waals surface area contributed by atoms with Gasteiger partial charge in [-0.2, -0.15) is 0 Å². The van der Waals surface area contributed by atoms with Gasteiger partial charge in [-0.25, -0.2) is 16.8 Å². The molecule has 0 aromatic rings. The second-order valence-electron chi connectivity index (χ2n) is 1.39. The summed E-state index contributed by atoms with van der Waals surface area (Å²) in [7, 11) is -11.3. The third-order valence-corrected chi connectivity index (χ3v) is 2.42. The maximum absolute atomic E-state index is 9.20. The minimum absolute atomic E-state index is 0. The minimum atomic E-state index is -5.67. The van der Waals surface area contributed by atoms with E-state index in [1.165, 1.54) is 0 Å². The molecule has 0 saturated heterocycles. The van der Waals surface area contributed by atoms with E-state index in [0.717, 1.165) is 0 Å². The molecule has 4 N–H and O–H groups in total. The van der Waals surface area contributed by atoms with Crippen molar-refractivity contribution in [1.82, 2.24) is 0 Å². The monoisotopic (exact) mass is 283 g/mol. The maximum atomic E-state index is 9.20. The zero-order chi connectivity index (χ0) is 10.4. The molecule has 0 aliphatic rings. The van der Waals surface area contributed by atoms with Gasteiger partial charge < -0.3 is 20.6 Å². The van der Waals surface area contributed by atoms with Gasteiger partial charge in [0.05, 0.1) is 0 Å². The molecule has 0 unspecified atom stereocenters. The van der Waals surface area contributed by atoms with Crippen molar-refractivity contribution in [3.05, 3.63) is 0 Å². The first-order chi connectivity index (χ1) is 5.16. The first-order valence-corrected chi connectivity index (χ1v) is 5.82. The Hall–Kier alpha value is 0.259. The minimum Gasteiger partial charge on any atom is -0.736 e. The summed E-state index contributed by atoms with van der Waals surface area (Å²) in [6, 6.07) is 0. The predicted molar refractivity (Wildman–Crippen MR) is 37.5 cm³/mol. The van der Waals surface area contributed by atoms with E-state index in [1.807, 2.05) is 0 Å². The average Bonchev–Trinajstić information content (AvgIpc) is 1.84. The van der Waals surface area contributed by atoms with Gasteiger partial charge in [-0.15, -0.1) is 0 Å². The second kappa shape index (κ2) is 7.64. The van der Waals surface area contributed by atoms with Crippen LogP contribution in [0.5, 0.6) is 0 Å². The van der Waals surface area contributed by atoms with Crippen LogP contribution < -0.4 is 11.5 Å². The summed E-state index contributed by atoms with van der Waals surface area (Å²) in [6.45, 7) is 1.19. The van der Waals surface area contributed by atoms with Gasteiger partial charge in [-0.3, -0.25) is 0 Å². The van der Waals surface area contributed by atoms with Crippen LogP contribution in [0.25, 0.3) is 0 Å². The Morgan fingerprint density at radius 2 is 1.00 bits per heavy atom. The maximum Gasteiger partial charge on any atom is 2.00 e. The molecular formula is C2H8CuN2O6S2. The van der Waals surface area contributed by atoms with E-state index in [0.29, 0.717) is 13.1 Å². The quantitative estimate of drug-likeness (QED) is 0.305. The van der Waals surface area contributed by atoms with E-state index in [2.05, 4.69) is 0 Å². The smallest absolute Gasteiger partial charge is 0.736 e. The molecule has 0 atom stereocenters. The molecule has 0 amide bonds. The summed E-state index contributed by atoms with van der Waals surface area (Å²) in [6.07, 6.45) is 0. The first kappa shape index (κ1) is 18.9. The summed E-state index contributed by atoms with van der Waals surface area (Å²) in [5.74, 6) is 0. The van der Waals surface area contributed by atoms with Crippen molar-refractivity contribution in [2.24, 2.45) is 11.5 Å². The van der Waals surface area contributed by atoms with E-state index < -0.39 is 18.3 Å². The van der Waals surface area contributed by atoms with E-state index in [1.54, 1.807) is 0 Å². The topological polar surface area (TPSA) is 166 Å². The van der Waals surface area contributed by atoms with Crippen molar-refractivity contribution < 1.29 is 43.0 Å². The van der Waals surface area contributed by atoms with Crippen molar-refractivity contribution in [2.75, 3.05) is 13.1 Å². The largest absolute Gasteiger partial charge is 2.00 e. The number of rotatable bonds is 2. The van der Waals surface area contributed by atoms with Crippen molar-refractivity contribution in [1.29, 1.82) is 0 Å². The van der Waals surface area contributed by atoms with Crippen LogP contribution in [0.1, 0.15) is 0 Å². The molecule has 0 bridgehead atoms. The Kier molecular flexibility index (Phi) is 11.1. The van der Waals surface area contributed by atoms with Crippen LogP contribution >= 0.6 is 0 Å². The van der Waals surface area contributed by atoms with Gasteiger partial charge >= 0.3 is 17.1 Å². The van der Waals surface area contributed by atoms with E-state index >= 15 is 0 Å². The molecule has 8 nitrogen and oxygen atoms in total. The Bertz CT molecular complexity index is 263. The van der Waals surface area contributed by atoms with Crippen molar-refractivity contribution in [3.63, 3.8) is 0 Å². The van der Waals surface area contributed by atoms with Crippen molar-refractivity contribution in [3.8, 4) is 0 Å². The van der Waals surface area contributed by atoms with E-state index in [4.69, 9.17) is 11.5 Å². The number of hydrogen-bond donors (Lipinski definition) is 2. The van der Waals surface area contributed by atoms with Crippen LogP contribution in [0.4, 0.5) is 0 Å². The van der Waals surface area contributed by atoms with Gasteiger partial charge in [0.25, 0.3) is 0 Å². The molecule has 11 heteroatoms. The standard InChI is InChI=1S/C2H8N2.Cu.H2O6S2/c3-1-2-4;;1-7(2,3)8(4,5)6/h1-4H2;;(H,1,2,3)(H,4,5,6)/q;+2;/p-2. The molecule has 13 heavy (non-hydrogen) atoms. The van der Waals surface area contributed by atoms with E-state index in [-0.39, 0.29) is 17.1 Å². The third kappa shape index (κ3) is 12.3. The summed E-state index contributed by atoms with van der Waals surface area (Å²) < 4.78 is 55.2. The Morgan fingerprint density at radius 3 is 1.00 bits per heavy atom. The first-order valence-electron chi connectivity index (χ1n) is 2.48. The van der Waals surface area contributed by atoms with Crippen LogP contribution in [0.2, 0.25) is 0 Å². The Labute approximate surface area is 86.0 Å². The van der Waals surface area contributed by atoms with Crippen molar-refractivity contribution in [2.45, 2.75) is 0 Å². The summed E-state index contributed by atoms with van der Waals surface area (Å²) in [5.41, 5.74) is 9.81. The van der Waals surface area contributed by atoms with Gasteiger partial charge in [0, 0.05) is 13.1 Å². The molecule has 0 aromatic carbocycles. The Balaban J connectivity index is -0.000000173. The van der Waals surface area contributed by atoms with Crippen LogP contribution in [-0.4, -0.2) is 39.0 Å². The second-order valence-corrected chi connectivity index (χ2v) is 5.48. The third-order valence-electron chi connectivity index (χ3n) is 0.417. The molecular weight excluding hydrogens is 276 g/mol. The fourth-order valence-corrected chi connectivity index (χ4v) is 0. The van der Waals surface area contributed by atoms with E-state index in [9.17, 15) is 25.9 Å². The van der Waals surface area contributed by atoms with Crippen molar-refractivity contribution >= 4 is 18.3 Å². The summed E-state index contributed by atoms with van der Waals surface area (Å²) in [4.78, 5) is 0. The zero-order valence-corrected chi connectivity index (χ0v) is 8.71. The molecule has 0 aliphatic carbocycles. The average molecular weight is 284 g/mol. The number of hydrogen-bond acceptors (Lipinski definition) is 8. The van der Waals surface area contributed by atoms with Gasteiger partial charge in [0.15, 0.2) is 18.3 Å². The van der Waals surface area contributed by atoms with Crippen LogP contribution in [0.3, 0.4) is 0 Å². The SMILES string of the molecule is NCCN.O=S(=O)([O-])S(=O)(=O)[O-].[Cu+2]. The summed E-state index contributed by atoms with van der Waals surface area (Å²) in [5, 5.41) is 0. The fraction of sp³-hybridized carbons (Fsp3) is 1.00. The number of nitrogens with two attached hydrogens (primary N) is 2. The molecule has 0 rings (SSSR count). The zero-order valence-electron chi connectivity index (χ0n) is 6.14. The Morgan fingerprint density at radius 1 is 0.846 bits per heavy atom. The normalized spacial score (nSPS) is 10.8. The molecule has 85 valence electrons. The molecule has 0 aliphatic heterocycles. The molecule has 0 heterocycles. The van der Waals surface area contributed by atoms with Crippen LogP contribution in [0, 0.1) is 0 Å². The molecule has 0 aromatic heterocycles. The van der Waals surface area contributed by atoms with Gasteiger partial charge in [0.1, 0.15) is 0 Å². The van der Waals surface area contributed by atoms with Crippen LogP contribution in [-0.2, 0) is 35.4 Å². The predicted octanol–water partition coefficient (Wildman–Crippen LogP) is -3.11. The molecule has 1 radical (unpaired) electrons. The van der Waals surface area contributed by atoms with Crippen LogP contribution in [0.15, 0.2) is 0 Å². The van der Waals surface area contributed by atoms with Gasteiger partial charge in [0.2, 0.25) is 0 Å². The molecule has 0 saturated carbocycles. The molecule has 0 spiro atoms. The van der Waals surface area contributed by atoms with Gasteiger partial charge in [-0.1, -0.05) is 0 Å². The fourth-order valence-electron chi connectivity index (χ4n) is 0.